The largest absolute Gasteiger partial charge is 0.481 e. The molecule has 1 aliphatic carbocycles. The van der Waals surface area contributed by atoms with Gasteiger partial charge in [0.05, 0.1) is 0 Å². The number of nitrogens with one attached hydrogen (secondary N) is 1. The van der Waals surface area contributed by atoms with Crippen molar-refractivity contribution >= 4 is 11.9 Å². The molecule has 19 heavy (non-hydrogen) atoms. The van der Waals surface area contributed by atoms with Crippen molar-refractivity contribution in [3.8, 4) is 0 Å². The standard InChI is InChI=1S/C14H26N2O3/c1-9(2)5-10(6-13(17)18)8-16-14(19)11-3-4-12(15)7-11/h9-12H,3-8,15H2,1-2H3,(H,16,19)(H,17,18)/t10-,11?,12?/m0/s1. The van der Waals surface area contributed by atoms with Crippen molar-refractivity contribution in [2.24, 2.45) is 23.5 Å². The Bertz CT molecular complexity index is 318. The van der Waals surface area contributed by atoms with Gasteiger partial charge in [-0.25, -0.2) is 0 Å². The van der Waals surface area contributed by atoms with E-state index in [-0.39, 0.29) is 30.2 Å². The number of hydrogen-bond acceptors (Lipinski definition) is 3. The normalized spacial score (nSPS) is 24.4. The number of rotatable bonds is 7. The van der Waals surface area contributed by atoms with Gasteiger partial charge in [-0.1, -0.05) is 13.8 Å². The molecule has 1 aliphatic rings. The van der Waals surface area contributed by atoms with Gasteiger partial charge in [0, 0.05) is 24.9 Å². The molecule has 4 N–H and O–H groups in total. The summed E-state index contributed by atoms with van der Waals surface area (Å²) in [6.45, 7) is 4.58. The molecule has 5 nitrogen and oxygen atoms in total. The first-order valence-electron chi connectivity index (χ1n) is 7.13. The fraction of sp³-hybridized carbons (Fsp3) is 0.857. The fourth-order valence-electron chi connectivity index (χ4n) is 2.80. The van der Waals surface area contributed by atoms with Crippen LogP contribution in [0.1, 0.15) is 46.0 Å². The van der Waals surface area contributed by atoms with E-state index in [1.807, 2.05) is 0 Å². The summed E-state index contributed by atoms with van der Waals surface area (Å²) in [5, 5.41) is 11.8. The van der Waals surface area contributed by atoms with Crippen LogP contribution in [0.5, 0.6) is 0 Å². The van der Waals surface area contributed by atoms with Crippen LogP contribution in [0.2, 0.25) is 0 Å². The Morgan fingerprint density at radius 3 is 2.53 bits per heavy atom. The highest BCUT2D eigenvalue weighted by molar-refractivity contribution is 5.79. The zero-order valence-electron chi connectivity index (χ0n) is 11.9. The number of carboxylic acid groups (broad SMARTS) is 1. The maximum Gasteiger partial charge on any atom is 0.303 e. The Morgan fingerprint density at radius 2 is 2.05 bits per heavy atom. The van der Waals surface area contributed by atoms with Crippen LogP contribution in [-0.2, 0) is 9.59 Å². The van der Waals surface area contributed by atoms with Gasteiger partial charge < -0.3 is 16.2 Å². The van der Waals surface area contributed by atoms with E-state index in [2.05, 4.69) is 19.2 Å². The van der Waals surface area contributed by atoms with Gasteiger partial charge >= 0.3 is 5.97 Å². The van der Waals surface area contributed by atoms with Crippen molar-refractivity contribution in [1.29, 1.82) is 0 Å². The van der Waals surface area contributed by atoms with Gasteiger partial charge in [-0.05, 0) is 37.5 Å². The molecule has 0 aliphatic heterocycles. The Kier molecular flexibility index (Phi) is 6.28. The Labute approximate surface area is 114 Å². The van der Waals surface area contributed by atoms with Crippen LogP contribution < -0.4 is 11.1 Å². The quantitative estimate of drug-likeness (QED) is 0.651. The van der Waals surface area contributed by atoms with Crippen LogP contribution in [0.3, 0.4) is 0 Å². The Balaban J connectivity index is 2.37. The second kappa shape index (κ2) is 7.48. The first-order valence-corrected chi connectivity index (χ1v) is 7.13. The van der Waals surface area contributed by atoms with Crippen LogP contribution in [-0.4, -0.2) is 29.6 Å². The minimum atomic E-state index is -0.803. The van der Waals surface area contributed by atoms with E-state index in [9.17, 15) is 9.59 Å². The highest BCUT2D eigenvalue weighted by Crippen LogP contribution is 2.24. The van der Waals surface area contributed by atoms with Crippen LogP contribution in [0, 0.1) is 17.8 Å². The van der Waals surface area contributed by atoms with E-state index in [1.54, 1.807) is 0 Å². The van der Waals surface area contributed by atoms with Crippen molar-refractivity contribution in [1.82, 2.24) is 5.32 Å². The molecule has 1 fully saturated rings. The average molecular weight is 270 g/mol. The lowest BCUT2D eigenvalue weighted by atomic mass is 9.94. The van der Waals surface area contributed by atoms with E-state index < -0.39 is 5.97 Å². The SMILES string of the molecule is CC(C)C[C@H](CNC(=O)C1CCC(N)C1)CC(=O)O. The zero-order chi connectivity index (χ0) is 14.4. The molecule has 0 heterocycles. The predicted molar refractivity (Wildman–Crippen MR) is 73.5 cm³/mol. The highest BCUT2D eigenvalue weighted by Gasteiger charge is 2.28. The van der Waals surface area contributed by atoms with Crippen LogP contribution >= 0.6 is 0 Å². The number of nitrogens with two attached hydrogens (primary N) is 1. The third-order valence-electron chi connectivity index (χ3n) is 3.68. The predicted octanol–water partition coefficient (Wildman–Crippen LogP) is 1.37. The summed E-state index contributed by atoms with van der Waals surface area (Å²) in [4.78, 5) is 22.8. The lowest BCUT2D eigenvalue weighted by molar-refractivity contribution is -0.138. The van der Waals surface area contributed by atoms with Crippen LogP contribution in [0.15, 0.2) is 0 Å². The second-order valence-corrected chi connectivity index (χ2v) is 6.11. The topological polar surface area (TPSA) is 92.4 Å². The summed E-state index contributed by atoms with van der Waals surface area (Å²) in [5.74, 6) is -0.313. The molecule has 1 saturated carbocycles. The van der Waals surface area contributed by atoms with Crippen molar-refractivity contribution in [2.75, 3.05) is 6.54 Å². The molecule has 1 amide bonds. The van der Waals surface area contributed by atoms with Crippen molar-refractivity contribution in [2.45, 2.75) is 52.0 Å². The number of carboxylic acids is 1. The van der Waals surface area contributed by atoms with E-state index in [0.29, 0.717) is 12.5 Å². The lowest BCUT2D eigenvalue weighted by Gasteiger charge is -2.19. The molecule has 3 atom stereocenters. The summed E-state index contributed by atoms with van der Waals surface area (Å²) in [7, 11) is 0. The maximum absolute atomic E-state index is 12.0. The number of amides is 1. The summed E-state index contributed by atoms with van der Waals surface area (Å²) in [6.07, 6.45) is 3.43. The van der Waals surface area contributed by atoms with E-state index in [0.717, 1.165) is 25.7 Å². The Hall–Kier alpha value is -1.10. The van der Waals surface area contributed by atoms with Crippen LogP contribution in [0.25, 0.3) is 0 Å². The number of hydrogen-bond donors (Lipinski definition) is 3. The minimum Gasteiger partial charge on any atom is -0.481 e. The van der Waals surface area contributed by atoms with Crippen molar-refractivity contribution in [3.63, 3.8) is 0 Å². The molecule has 110 valence electrons. The Morgan fingerprint density at radius 1 is 1.37 bits per heavy atom. The highest BCUT2D eigenvalue weighted by atomic mass is 16.4. The van der Waals surface area contributed by atoms with Gasteiger partial charge in [0.25, 0.3) is 0 Å². The van der Waals surface area contributed by atoms with Gasteiger partial charge in [-0.15, -0.1) is 0 Å². The lowest BCUT2D eigenvalue weighted by Crippen LogP contribution is -2.35. The molecular formula is C14H26N2O3. The maximum atomic E-state index is 12.0. The third-order valence-corrected chi connectivity index (χ3v) is 3.68. The van der Waals surface area contributed by atoms with Crippen molar-refractivity contribution < 1.29 is 14.7 Å². The van der Waals surface area contributed by atoms with E-state index in [4.69, 9.17) is 10.8 Å². The van der Waals surface area contributed by atoms with Gasteiger partial charge in [0.15, 0.2) is 0 Å². The van der Waals surface area contributed by atoms with Gasteiger partial charge in [-0.2, -0.15) is 0 Å². The van der Waals surface area contributed by atoms with Crippen LogP contribution in [0.4, 0.5) is 0 Å². The first kappa shape index (κ1) is 16.0. The van der Waals surface area contributed by atoms with Gasteiger partial charge in [0.2, 0.25) is 5.91 Å². The second-order valence-electron chi connectivity index (χ2n) is 6.11. The molecule has 5 heteroatoms. The van der Waals surface area contributed by atoms with Gasteiger partial charge in [0.1, 0.15) is 0 Å². The molecule has 0 aromatic heterocycles. The molecule has 0 radical (unpaired) electrons. The third kappa shape index (κ3) is 6.05. The zero-order valence-corrected chi connectivity index (χ0v) is 11.9. The van der Waals surface area contributed by atoms with E-state index >= 15 is 0 Å². The number of carbonyl (C=O) groups excluding carboxylic acids is 1. The number of aliphatic carboxylic acids is 1. The fourth-order valence-corrected chi connectivity index (χ4v) is 2.80. The summed E-state index contributed by atoms with van der Waals surface area (Å²) in [6, 6.07) is 0.140. The molecular weight excluding hydrogens is 244 g/mol. The minimum absolute atomic E-state index is 0.0107. The molecule has 0 aromatic carbocycles. The molecule has 0 aromatic rings. The van der Waals surface area contributed by atoms with Crippen molar-refractivity contribution in [3.05, 3.63) is 0 Å². The molecule has 0 saturated heterocycles. The van der Waals surface area contributed by atoms with Gasteiger partial charge in [-0.3, -0.25) is 9.59 Å². The molecule has 0 bridgehead atoms. The first-order chi connectivity index (χ1) is 8.88. The summed E-state index contributed by atoms with van der Waals surface area (Å²) >= 11 is 0. The smallest absolute Gasteiger partial charge is 0.303 e. The summed E-state index contributed by atoms with van der Waals surface area (Å²) < 4.78 is 0. The average Bonchev–Trinajstić information content (AvgIpc) is 2.71. The monoisotopic (exact) mass is 270 g/mol. The summed E-state index contributed by atoms with van der Waals surface area (Å²) in [5.41, 5.74) is 5.79. The molecule has 2 unspecified atom stereocenters. The van der Waals surface area contributed by atoms with E-state index in [1.165, 1.54) is 0 Å². The number of carbonyl (C=O) groups is 2. The molecule has 1 rings (SSSR count). The molecule has 0 spiro atoms.